The molecule has 0 saturated heterocycles. The van der Waals surface area contributed by atoms with Gasteiger partial charge in [-0.3, -0.25) is 4.79 Å². The molecule has 2 aromatic heterocycles. The maximum Gasteiger partial charge on any atom is 0.251 e. The minimum absolute atomic E-state index is 0.146. The van der Waals surface area contributed by atoms with E-state index in [4.69, 9.17) is 4.74 Å². The number of fused-ring (bicyclic) bond motifs is 2. The molecule has 5 rings (SSSR count). The second-order valence-corrected chi connectivity index (χ2v) is 6.90. The highest BCUT2D eigenvalue weighted by atomic mass is 16.5. The summed E-state index contributed by atoms with van der Waals surface area (Å²) >= 11 is 0. The van der Waals surface area contributed by atoms with Crippen LogP contribution >= 0.6 is 0 Å². The van der Waals surface area contributed by atoms with Gasteiger partial charge in [-0.05, 0) is 42.0 Å². The molecule has 148 valence electrons. The molecule has 30 heavy (non-hydrogen) atoms. The number of carbonyl (C=O) groups excluding carboxylic acids is 1. The normalized spacial score (nSPS) is 12.3. The number of benzene rings is 3. The standard InChI is InChI=1S/C22H18N6O2/c1-30-16-12-10-15(11-13-16)21(27-19-8-4-2-6-17(19)23-25-27)14-22(29)28-20-9-5-3-7-18(20)24-26-28/h2-13,21H,14H2,1H3. The van der Waals surface area contributed by atoms with Crippen LogP contribution in [0.25, 0.3) is 22.1 Å². The van der Waals surface area contributed by atoms with Crippen LogP contribution in [-0.2, 0) is 0 Å². The maximum atomic E-state index is 13.2. The van der Waals surface area contributed by atoms with Crippen molar-refractivity contribution >= 4 is 28.0 Å². The molecule has 0 spiro atoms. The van der Waals surface area contributed by atoms with Crippen molar-refractivity contribution < 1.29 is 9.53 Å². The van der Waals surface area contributed by atoms with Gasteiger partial charge in [-0.2, -0.15) is 4.68 Å². The van der Waals surface area contributed by atoms with Crippen molar-refractivity contribution in [2.75, 3.05) is 7.11 Å². The fourth-order valence-corrected chi connectivity index (χ4v) is 3.59. The van der Waals surface area contributed by atoms with Gasteiger partial charge in [-0.1, -0.05) is 46.8 Å². The highest BCUT2D eigenvalue weighted by Crippen LogP contribution is 2.28. The fourth-order valence-electron chi connectivity index (χ4n) is 3.59. The molecule has 5 aromatic rings. The Morgan fingerprint density at radius 1 is 0.867 bits per heavy atom. The van der Waals surface area contributed by atoms with E-state index in [9.17, 15) is 4.79 Å². The topological polar surface area (TPSA) is 87.7 Å². The molecule has 8 heteroatoms. The van der Waals surface area contributed by atoms with Crippen molar-refractivity contribution in [1.82, 2.24) is 30.0 Å². The zero-order valence-electron chi connectivity index (χ0n) is 16.2. The van der Waals surface area contributed by atoms with Crippen molar-refractivity contribution in [2.24, 2.45) is 0 Å². The van der Waals surface area contributed by atoms with Gasteiger partial charge in [0.15, 0.2) is 0 Å². The van der Waals surface area contributed by atoms with Crippen LogP contribution in [0.1, 0.15) is 22.8 Å². The van der Waals surface area contributed by atoms with E-state index in [0.717, 1.165) is 22.3 Å². The first kappa shape index (κ1) is 18.0. The Balaban J connectivity index is 1.58. The third kappa shape index (κ3) is 3.08. The SMILES string of the molecule is COc1ccc(C(CC(=O)n2nnc3ccccc32)n2nnc3ccccc32)cc1. The first-order valence-electron chi connectivity index (χ1n) is 9.52. The van der Waals surface area contributed by atoms with Crippen molar-refractivity contribution in [3.63, 3.8) is 0 Å². The Hall–Kier alpha value is -4.07. The van der Waals surface area contributed by atoms with E-state index in [2.05, 4.69) is 20.6 Å². The lowest BCUT2D eigenvalue weighted by Crippen LogP contribution is -2.21. The van der Waals surface area contributed by atoms with Crippen LogP contribution in [0.5, 0.6) is 5.75 Å². The molecule has 3 aromatic carbocycles. The van der Waals surface area contributed by atoms with E-state index in [-0.39, 0.29) is 18.4 Å². The Kier molecular flexibility index (Phi) is 4.44. The first-order valence-corrected chi connectivity index (χ1v) is 9.52. The Morgan fingerprint density at radius 2 is 1.50 bits per heavy atom. The average molecular weight is 398 g/mol. The number of para-hydroxylation sites is 2. The van der Waals surface area contributed by atoms with Gasteiger partial charge in [0.05, 0.1) is 30.6 Å². The van der Waals surface area contributed by atoms with Crippen LogP contribution in [0.2, 0.25) is 0 Å². The summed E-state index contributed by atoms with van der Waals surface area (Å²) in [5.41, 5.74) is 3.91. The zero-order valence-corrected chi connectivity index (χ0v) is 16.2. The second-order valence-electron chi connectivity index (χ2n) is 6.90. The van der Waals surface area contributed by atoms with Crippen LogP contribution in [0, 0.1) is 0 Å². The minimum Gasteiger partial charge on any atom is -0.497 e. The van der Waals surface area contributed by atoms with Gasteiger partial charge in [-0.15, -0.1) is 10.2 Å². The number of carbonyl (C=O) groups is 1. The number of aromatic nitrogens is 6. The molecule has 0 N–H and O–H groups in total. The molecule has 0 bridgehead atoms. The number of hydrogen-bond donors (Lipinski definition) is 0. The second kappa shape index (κ2) is 7.40. The van der Waals surface area contributed by atoms with E-state index in [1.165, 1.54) is 4.68 Å². The van der Waals surface area contributed by atoms with Gasteiger partial charge in [0.2, 0.25) is 0 Å². The van der Waals surface area contributed by atoms with E-state index in [1.54, 1.807) is 11.8 Å². The minimum atomic E-state index is -0.362. The summed E-state index contributed by atoms with van der Waals surface area (Å²) in [7, 11) is 1.62. The van der Waals surface area contributed by atoms with Gasteiger partial charge in [-0.25, -0.2) is 4.68 Å². The molecule has 0 aliphatic rings. The highest BCUT2D eigenvalue weighted by Gasteiger charge is 2.24. The van der Waals surface area contributed by atoms with Crippen molar-refractivity contribution in [2.45, 2.75) is 12.5 Å². The summed E-state index contributed by atoms with van der Waals surface area (Å²) in [6.07, 6.45) is 0.146. The number of rotatable bonds is 5. The van der Waals surface area contributed by atoms with Crippen LogP contribution < -0.4 is 4.74 Å². The molecule has 1 unspecified atom stereocenters. The largest absolute Gasteiger partial charge is 0.497 e. The quantitative estimate of drug-likeness (QED) is 0.450. The van der Waals surface area contributed by atoms with E-state index in [1.807, 2.05) is 72.8 Å². The predicted octanol–water partition coefficient (Wildman–Crippen LogP) is 3.50. The maximum absolute atomic E-state index is 13.2. The third-order valence-corrected chi connectivity index (χ3v) is 5.13. The fraction of sp³-hybridized carbons (Fsp3) is 0.136. The van der Waals surface area contributed by atoms with Gasteiger partial charge in [0.1, 0.15) is 16.8 Å². The number of ether oxygens (including phenoxy) is 1. The molecule has 2 heterocycles. The predicted molar refractivity (Wildman–Crippen MR) is 111 cm³/mol. The zero-order chi connectivity index (χ0) is 20.5. The smallest absolute Gasteiger partial charge is 0.251 e. The summed E-state index contributed by atoms with van der Waals surface area (Å²) in [5, 5.41) is 16.8. The molecule has 0 aliphatic carbocycles. The van der Waals surface area contributed by atoms with Crippen molar-refractivity contribution in [3.8, 4) is 5.75 Å². The van der Waals surface area contributed by atoms with E-state index >= 15 is 0 Å². The lowest BCUT2D eigenvalue weighted by atomic mass is 10.0. The van der Waals surface area contributed by atoms with Gasteiger partial charge >= 0.3 is 0 Å². The molecule has 1 atom stereocenters. The van der Waals surface area contributed by atoms with E-state index < -0.39 is 0 Å². The average Bonchev–Trinajstić information content (AvgIpc) is 3.42. The number of methoxy groups -OCH3 is 1. The number of hydrogen-bond acceptors (Lipinski definition) is 6. The van der Waals surface area contributed by atoms with Gasteiger partial charge < -0.3 is 4.74 Å². The van der Waals surface area contributed by atoms with Crippen LogP contribution in [0.3, 0.4) is 0 Å². The van der Waals surface area contributed by atoms with Crippen LogP contribution in [0.15, 0.2) is 72.8 Å². The van der Waals surface area contributed by atoms with Crippen molar-refractivity contribution in [3.05, 3.63) is 78.4 Å². The molecular formula is C22H18N6O2. The molecular weight excluding hydrogens is 380 g/mol. The molecule has 0 radical (unpaired) electrons. The summed E-state index contributed by atoms with van der Waals surface area (Å²) < 4.78 is 8.41. The number of nitrogens with zero attached hydrogens (tertiary/aromatic N) is 6. The molecule has 8 nitrogen and oxygen atoms in total. The molecule has 0 saturated carbocycles. The van der Waals surface area contributed by atoms with Gasteiger partial charge in [0, 0.05) is 0 Å². The lowest BCUT2D eigenvalue weighted by molar-refractivity contribution is 0.0874. The molecule has 0 aliphatic heterocycles. The third-order valence-electron chi connectivity index (χ3n) is 5.13. The lowest BCUT2D eigenvalue weighted by Gasteiger charge is -2.18. The summed E-state index contributed by atoms with van der Waals surface area (Å²) in [4.78, 5) is 13.2. The molecule has 0 fully saturated rings. The monoisotopic (exact) mass is 398 g/mol. The Bertz CT molecular complexity index is 1340. The highest BCUT2D eigenvalue weighted by molar-refractivity contribution is 5.89. The summed E-state index contributed by atoms with van der Waals surface area (Å²) in [5.74, 6) is 0.568. The Morgan fingerprint density at radius 3 is 2.23 bits per heavy atom. The Labute approximate surface area is 171 Å². The molecule has 0 amide bonds. The van der Waals surface area contributed by atoms with Crippen LogP contribution in [0.4, 0.5) is 0 Å². The summed E-state index contributed by atoms with van der Waals surface area (Å²) in [6, 6.07) is 22.3. The van der Waals surface area contributed by atoms with Gasteiger partial charge in [0.25, 0.3) is 5.91 Å². The summed E-state index contributed by atoms with van der Waals surface area (Å²) in [6.45, 7) is 0. The van der Waals surface area contributed by atoms with Crippen molar-refractivity contribution in [1.29, 1.82) is 0 Å². The van der Waals surface area contributed by atoms with E-state index in [0.29, 0.717) is 11.0 Å². The first-order chi connectivity index (χ1) is 14.7. The van der Waals surface area contributed by atoms with Crippen LogP contribution in [-0.4, -0.2) is 43.0 Å².